The van der Waals surface area contributed by atoms with E-state index in [2.05, 4.69) is 25.8 Å². The number of aromatic nitrogens is 3. The predicted octanol–water partition coefficient (Wildman–Crippen LogP) is 2.39. The number of rotatable bonds is 6. The number of para-hydroxylation sites is 1. The fourth-order valence-corrected chi connectivity index (χ4v) is 2.19. The molecule has 3 rings (SSSR count). The van der Waals surface area contributed by atoms with Gasteiger partial charge in [0.1, 0.15) is 12.2 Å². The molecule has 0 aliphatic heterocycles. The molecule has 126 valence electrons. The summed E-state index contributed by atoms with van der Waals surface area (Å²) in [6.45, 7) is 0.131. The summed E-state index contributed by atoms with van der Waals surface area (Å²) in [5.41, 5.74) is 1.23. The number of anilines is 2. The van der Waals surface area contributed by atoms with Gasteiger partial charge in [0.25, 0.3) is 11.6 Å². The molecular formula is C16H14N6O3. The van der Waals surface area contributed by atoms with Crippen LogP contribution in [0.1, 0.15) is 16.2 Å². The Morgan fingerprint density at radius 3 is 2.68 bits per heavy atom. The zero-order chi connectivity index (χ0) is 17.6. The van der Waals surface area contributed by atoms with E-state index in [0.29, 0.717) is 11.5 Å². The maximum atomic E-state index is 12.5. The van der Waals surface area contributed by atoms with E-state index in [4.69, 9.17) is 0 Å². The smallest absolute Gasteiger partial charge is 0.270 e. The van der Waals surface area contributed by atoms with Gasteiger partial charge in [-0.05, 0) is 18.2 Å². The Kier molecular flexibility index (Phi) is 4.65. The number of nitro benzene ring substituents is 1. The molecule has 0 aliphatic carbocycles. The molecule has 0 spiro atoms. The SMILES string of the molecule is O=C(NCc1ncn[nH]1)c1cc([N+](=O)[O-])ccc1Nc1ccccc1. The molecule has 2 aromatic carbocycles. The monoisotopic (exact) mass is 338 g/mol. The molecule has 0 saturated heterocycles. The van der Waals surface area contributed by atoms with E-state index in [-0.39, 0.29) is 17.8 Å². The number of hydrogen-bond donors (Lipinski definition) is 3. The Morgan fingerprint density at radius 1 is 1.20 bits per heavy atom. The van der Waals surface area contributed by atoms with Crippen molar-refractivity contribution in [2.24, 2.45) is 0 Å². The number of hydrogen-bond acceptors (Lipinski definition) is 6. The highest BCUT2D eigenvalue weighted by Gasteiger charge is 2.17. The molecule has 9 nitrogen and oxygen atoms in total. The fourth-order valence-electron chi connectivity index (χ4n) is 2.19. The first-order chi connectivity index (χ1) is 12.1. The van der Waals surface area contributed by atoms with Crippen LogP contribution in [0.2, 0.25) is 0 Å². The lowest BCUT2D eigenvalue weighted by Gasteiger charge is -2.12. The van der Waals surface area contributed by atoms with Crippen LogP contribution in [-0.4, -0.2) is 26.0 Å². The highest BCUT2D eigenvalue weighted by molar-refractivity contribution is 6.01. The standard InChI is InChI=1S/C16H14N6O3/c23-16(17-9-15-18-10-19-21-15)13-8-12(22(24)25)6-7-14(13)20-11-4-2-1-3-5-11/h1-8,10,20H,9H2,(H,17,23)(H,18,19,21). The third-order valence-corrected chi connectivity index (χ3v) is 3.39. The van der Waals surface area contributed by atoms with Gasteiger partial charge in [0, 0.05) is 17.8 Å². The molecule has 0 aliphatic rings. The van der Waals surface area contributed by atoms with Crippen LogP contribution < -0.4 is 10.6 Å². The van der Waals surface area contributed by atoms with Crippen LogP contribution in [0, 0.1) is 10.1 Å². The Balaban J connectivity index is 1.86. The van der Waals surface area contributed by atoms with Crippen molar-refractivity contribution in [2.75, 3.05) is 5.32 Å². The molecule has 0 fully saturated rings. The van der Waals surface area contributed by atoms with Crippen molar-refractivity contribution >= 4 is 23.0 Å². The summed E-state index contributed by atoms with van der Waals surface area (Å²) in [7, 11) is 0. The van der Waals surface area contributed by atoms with E-state index in [9.17, 15) is 14.9 Å². The number of aromatic amines is 1. The minimum atomic E-state index is -0.542. The number of benzene rings is 2. The average molecular weight is 338 g/mol. The third kappa shape index (κ3) is 3.96. The van der Waals surface area contributed by atoms with Crippen molar-refractivity contribution in [3.05, 3.63) is 76.4 Å². The first-order valence-electron chi connectivity index (χ1n) is 7.36. The molecule has 0 unspecified atom stereocenters. The number of non-ortho nitro benzene ring substituents is 1. The van der Waals surface area contributed by atoms with Crippen LogP contribution >= 0.6 is 0 Å². The van der Waals surface area contributed by atoms with Gasteiger partial charge in [-0.3, -0.25) is 20.0 Å². The van der Waals surface area contributed by atoms with Crippen LogP contribution in [0.15, 0.2) is 54.9 Å². The van der Waals surface area contributed by atoms with E-state index in [1.165, 1.54) is 24.5 Å². The van der Waals surface area contributed by atoms with E-state index >= 15 is 0 Å². The number of nitrogens with one attached hydrogen (secondary N) is 3. The van der Waals surface area contributed by atoms with Crippen molar-refractivity contribution in [1.29, 1.82) is 0 Å². The second-order valence-electron chi connectivity index (χ2n) is 5.09. The second-order valence-corrected chi connectivity index (χ2v) is 5.09. The van der Waals surface area contributed by atoms with Gasteiger partial charge in [0.05, 0.1) is 22.7 Å². The Hall–Kier alpha value is -3.75. The molecule has 1 heterocycles. The van der Waals surface area contributed by atoms with Crippen LogP contribution in [0.4, 0.5) is 17.1 Å². The van der Waals surface area contributed by atoms with Gasteiger partial charge in [0.2, 0.25) is 0 Å². The molecule has 0 saturated carbocycles. The zero-order valence-corrected chi connectivity index (χ0v) is 13.0. The quantitative estimate of drug-likeness (QED) is 0.468. The third-order valence-electron chi connectivity index (χ3n) is 3.39. The summed E-state index contributed by atoms with van der Waals surface area (Å²) >= 11 is 0. The Bertz CT molecular complexity index is 880. The fraction of sp³-hybridized carbons (Fsp3) is 0.0625. The predicted molar refractivity (Wildman–Crippen MR) is 90.4 cm³/mol. The molecule has 25 heavy (non-hydrogen) atoms. The van der Waals surface area contributed by atoms with Crippen molar-refractivity contribution < 1.29 is 9.72 Å². The summed E-state index contributed by atoms with van der Waals surface area (Å²) in [6.07, 6.45) is 1.33. The van der Waals surface area contributed by atoms with Gasteiger partial charge >= 0.3 is 0 Å². The summed E-state index contributed by atoms with van der Waals surface area (Å²) in [5.74, 6) is 0.0230. The Morgan fingerprint density at radius 2 is 2.00 bits per heavy atom. The minimum absolute atomic E-state index is 0.131. The van der Waals surface area contributed by atoms with E-state index in [0.717, 1.165) is 5.69 Å². The van der Waals surface area contributed by atoms with Gasteiger partial charge in [-0.2, -0.15) is 5.10 Å². The summed E-state index contributed by atoms with van der Waals surface area (Å²) in [5, 5.41) is 23.1. The highest BCUT2D eigenvalue weighted by atomic mass is 16.6. The van der Waals surface area contributed by atoms with E-state index in [1.807, 2.05) is 30.3 Å². The molecule has 9 heteroatoms. The van der Waals surface area contributed by atoms with Crippen molar-refractivity contribution in [3.8, 4) is 0 Å². The van der Waals surface area contributed by atoms with Crippen molar-refractivity contribution in [2.45, 2.75) is 6.54 Å². The topological polar surface area (TPSA) is 126 Å². The van der Waals surface area contributed by atoms with Crippen LogP contribution in [0.5, 0.6) is 0 Å². The molecule has 0 bridgehead atoms. The van der Waals surface area contributed by atoms with Gasteiger partial charge in [0.15, 0.2) is 0 Å². The maximum absolute atomic E-state index is 12.5. The van der Waals surface area contributed by atoms with Gasteiger partial charge in [-0.1, -0.05) is 18.2 Å². The van der Waals surface area contributed by atoms with Crippen molar-refractivity contribution in [3.63, 3.8) is 0 Å². The first-order valence-corrected chi connectivity index (χ1v) is 7.36. The first kappa shape index (κ1) is 16.1. The lowest BCUT2D eigenvalue weighted by atomic mass is 10.1. The molecular weight excluding hydrogens is 324 g/mol. The van der Waals surface area contributed by atoms with Gasteiger partial charge in [-0.15, -0.1) is 0 Å². The number of amides is 1. The average Bonchev–Trinajstić information content (AvgIpc) is 3.14. The molecule has 3 N–H and O–H groups in total. The van der Waals surface area contributed by atoms with Crippen LogP contribution in [0.25, 0.3) is 0 Å². The highest BCUT2D eigenvalue weighted by Crippen LogP contribution is 2.25. The molecule has 0 radical (unpaired) electrons. The number of nitrogens with zero attached hydrogens (tertiary/aromatic N) is 3. The van der Waals surface area contributed by atoms with Crippen molar-refractivity contribution in [1.82, 2.24) is 20.5 Å². The lowest BCUT2D eigenvalue weighted by Crippen LogP contribution is -2.24. The van der Waals surface area contributed by atoms with Gasteiger partial charge < -0.3 is 10.6 Å². The zero-order valence-electron chi connectivity index (χ0n) is 13.0. The number of carbonyl (C=O) groups is 1. The number of nitro groups is 1. The second kappa shape index (κ2) is 7.21. The molecule has 0 atom stereocenters. The Labute approximate surface area is 142 Å². The van der Waals surface area contributed by atoms with E-state index in [1.54, 1.807) is 0 Å². The summed E-state index contributed by atoms with van der Waals surface area (Å²) in [4.78, 5) is 26.9. The van der Waals surface area contributed by atoms with E-state index < -0.39 is 10.8 Å². The van der Waals surface area contributed by atoms with Crippen LogP contribution in [0.3, 0.4) is 0 Å². The molecule has 3 aromatic rings. The lowest BCUT2D eigenvalue weighted by molar-refractivity contribution is -0.384. The largest absolute Gasteiger partial charge is 0.355 e. The number of H-pyrrole nitrogens is 1. The van der Waals surface area contributed by atoms with Gasteiger partial charge in [-0.25, -0.2) is 4.98 Å². The minimum Gasteiger partial charge on any atom is -0.355 e. The summed E-state index contributed by atoms with van der Waals surface area (Å²) < 4.78 is 0. The van der Waals surface area contributed by atoms with Crippen LogP contribution in [-0.2, 0) is 6.54 Å². The number of carbonyl (C=O) groups excluding carboxylic acids is 1. The molecule has 1 amide bonds. The molecule has 1 aromatic heterocycles. The maximum Gasteiger partial charge on any atom is 0.270 e. The normalized spacial score (nSPS) is 10.2. The summed E-state index contributed by atoms with van der Waals surface area (Å²) in [6, 6.07) is 13.3.